The highest BCUT2D eigenvalue weighted by atomic mass is 16.5. The van der Waals surface area contributed by atoms with Gasteiger partial charge in [0, 0.05) is 12.8 Å². The van der Waals surface area contributed by atoms with Crippen LogP contribution in [0, 0.1) is 0 Å². The van der Waals surface area contributed by atoms with Gasteiger partial charge in [-0.3, -0.25) is 9.59 Å². The first-order chi connectivity index (χ1) is 38.5. The minimum Gasteiger partial charge on any atom is -0.466 e. The smallest absolute Gasteiger partial charge is 0.305 e. The molecule has 0 radical (unpaired) electrons. The van der Waals surface area contributed by atoms with E-state index >= 15 is 0 Å². The number of allylic oxidation sites excluding steroid dienone is 2. The van der Waals surface area contributed by atoms with Gasteiger partial charge in [-0.1, -0.05) is 360 Å². The Hall–Kier alpha value is -1.40. The molecule has 0 bridgehead atoms. The Bertz CT molecular complexity index is 1180. The van der Waals surface area contributed by atoms with Gasteiger partial charge in [0.1, 0.15) is 0 Å². The molecule has 0 saturated heterocycles. The van der Waals surface area contributed by atoms with Crippen LogP contribution in [0.15, 0.2) is 12.2 Å². The normalized spacial score (nSPS) is 12.5. The van der Waals surface area contributed by atoms with Crippen molar-refractivity contribution in [2.24, 2.45) is 0 Å². The van der Waals surface area contributed by atoms with Crippen LogP contribution in [0.3, 0.4) is 0 Å². The zero-order valence-corrected chi connectivity index (χ0v) is 53.2. The summed E-state index contributed by atoms with van der Waals surface area (Å²) in [5.74, 6) is -0.0115. The molecule has 0 aliphatic rings. The van der Waals surface area contributed by atoms with Crippen LogP contribution in [0.4, 0.5) is 0 Å². The molecular weight excluding hydrogens is 959 g/mol. The molecule has 1 amide bonds. The zero-order valence-electron chi connectivity index (χ0n) is 53.2. The van der Waals surface area contributed by atoms with Gasteiger partial charge in [-0.15, -0.1) is 0 Å². The fraction of sp³-hybridized carbons (Fsp3) is 0.944. The molecule has 0 fully saturated rings. The lowest BCUT2D eigenvalue weighted by Gasteiger charge is -2.22. The number of hydrogen-bond donors (Lipinski definition) is 3. The second kappa shape index (κ2) is 68.1. The maximum absolute atomic E-state index is 12.5. The van der Waals surface area contributed by atoms with Gasteiger partial charge in [0.15, 0.2) is 0 Å². The van der Waals surface area contributed by atoms with Crippen molar-refractivity contribution in [3.05, 3.63) is 12.2 Å². The molecule has 2 unspecified atom stereocenters. The van der Waals surface area contributed by atoms with Crippen LogP contribution < -0.4 is 5.32 Å². The van der Waals surface area contributed by atoms with E-state index in [9.17, 15) is 19.8 Å². The van der Waals surface area contributed by atoms with Gasteiger partial charge >= 0.3 is 5.97 Å². The summed E-state index contributed by atoms with van der Waals surface area (Å²) in [5, 5.41) is 23.3. The fourth-order valence-corrected chi connectivity index (χ4v) is 11.6. The Morgan fingerprint density at radius 3 is 0.910 bits per heavy atom. The largest absolute Gasteiger partial charge is 0.466 e. The first kappa shape index (κ1) is 76.6. The molecule has 0 spiro atoms. The van der Waals surface area contributed by atoms with Gasteiger partial charge in [-0.25, -0.2) is 0 Å². The number of nitrogens with one attached hydrogen (secondary N) is 1. The van der Waals surface area contributed by atoms with Crippen molar-refractivity contribution in [2.45, 2.75) is 424 Å². The van der Waals surface area contributed by atoms with Crippen LogP contribution >= 0.6 is 0 Å². The third kappa shape index (κ3) is 63.8. The molecule has 0 aliphatic heterocycles. The van der Waals surface area contributed by atoms with Crippen LogP contribution in [-0.2, 0) is 14.3 Å². The van der Waals surface area contributed by atoms with Gasteiger partial charge in [-0.2, -0.15) is 0 Å². The summed E-state index contributed by atoms with van der Waals surface area (Å²) in [5.41, 5.74) is 0. The maximum Gasteiger partial charge on any atom is 0.305 e. The molecule has 6 heteroatoms. The third-order valence-corrected chi connectivity index (χ3v) is 17.1. The fourth-order valence-electron chi connectivity index (χ4n) is 11.6. The van der Waals surface area contributed by atoms with E-state index in [2.05, 4.69) is 31.3 Å². The topological polar surface area (TPSA) is 95.9 Å². The van der Waals surface area contributed by atoms with Crippen LogP contribution in [0.1, 0.15) is 412 Å². The molecule has 78 heavy (non-hydrogen) atoms. The second-order valence-electron chi connectivity index (χ2n) is 24.9. The number of amides is 1. The Morgan fingerprint density at radius 2 is 0.603 bits per heavy atom. The highest BCUT2D eigenvalue weighted by molar-refractivity contribution is 5.76. The number of aliphatic hydroxyl groups excluding tert-OH is 2. The van der Waals surface area contributed by atoms with Crippen molar-refractivity contribution in [1.29, 1.82) is 0 Å². The molecule has 0 aromatic rings. The van der Waals surface area contributed by atoms with E-state index in [1.807, 2.05) is 0 Å². The number of ether oxygens (including phenoxy) is 1. The van der Waals surface area contributed by atoms with Crippen molar-refractivity contribution >= 4 is 11.9 Å². The van der Waals surface area contributed by atoms with Gasteiger partial charge in [0.05, 0.1) is 25.4 Å². The zero-order chi connectivity index (χ0) is 56.4. The van der Waals surface area contributed by atoms with E-state index in [-0.39, 0.29) is 18.5 Å². The first-order valence-electron chi connectivity index (χ1n) is 35.9. The summed E-state index contributed by atoms with van der Waals surface area (Å²) in [6, 6.07) is -0.541. The van der Waals surface area contributed by atoms with Crippen molar-refractivity contribution in [2.75, 3.05) is 13.2 Å². The van der Waals surface area contributed by atoms with Crippen molar-refractivity contribution in [3.63, 3.8) is 0 Å². The molecule has 0 saturated carbocycles. The number of rotatable bonds is 68. The lowest BCUT2D eigenvalue weighted by atomic mass is 10.0. The summed E-state index contributed by atoms with van der Waals surface area (Å²) in [7, 11) is 0. The molecule has 0 heterocycles. The van der Waals surface area contributed by atoms with E-state index < -0.39 is 12.1 Å². The van der Waals surface area contributed by atoms with Crippen LogP contribution in [0.2, 0.25) is 0 Å². The van der Waals surface area contributed by atoms with Gasteiger partial charge < -0.3 is 20.3 Å². The minimum absolute atomic E-state index is 0.0210. The number of hydrogen-bond acceptors (Lipinski definition) is 5. The molecular formula is C72H141NO5. The highest BCUT2D eigenvalue weighted by Crippen LogP contribution is 2.19. The standard InChI is InChI=1S/C72H141NO5/c1-3-5-7-9-11-13-15-17-19-20-30-34-38-42-46-50-54-58-62-66-72(77)78-67-63-59-55-51-47-43-39-35-32-29-27-25-23-21-22-24-26-28-31-33-37-41-45-49-53-57-61-65-71(76)73-69(68-74)70(75)64-60-56-52-48-44-40-36-18-16-14-12-10-8-6-4-2/h21-22,69-70,74-75H,3-20,23-68H2,1-2H3,(H,73,76)/b22-21-. The average Bonchev–Trinajstić information content (AvgIpc) is 3.44. The predicted octanol–water partition coefficient (Wildman–Crippen LogP) is 23.1. The number of carbonyl (C=O) groups is 2. The monoisotopic (exact) mass is 1100 g/mol. The van der Waals surface area contributed by atoms with Crippen molar-refractivity contribution in [1.82, 2.24) is 5.32 Å². The summed E-state index contributed by atoms with van der Waals surface area (Å²) >= 11 is 0. The summed E-state index contributed by atoms with van der Waals surface area (Å²) in [6.07, 6.45) is 84.1. The predicted molar refractivity (Wildman–Crippen MR) is 343 cm³/mol. The average molecular weight is 1100 g/mol. The van der Waals surface area contributed by atoms with Crippen LogP contribution in [-0.4, -0.2) is 47.4 Å². The SMILES string of the molecule is CCCCCCCCCCCCCCCCCCCCCC(=O)OCCCCCCCCCCCCCC/C=C\CCCCCCCCCCCCCC(=O)NC(CO)C(O)CCCCCCCCCCCCCCCCC. The lowest BCUT2D eigenvalue weighted by Crippen LogP contribution is -2.45. The first-order valence-corrected chi connectivity index (χ1v) is 35.9. The van der Waals surface area contributed by atoms with Crippen molar-refractivity contribution in [3.8, 4) is 0 Å². The molecule has 0 aliphatic carbocycles. The lowest BCUT2D eigenvalue weighted by molar-refractivity contribution is -0.143. The van der Waals surface area contributed by atoms with Gasteiger partial charge in [0.2, 0.25) is 5.91 Å². The van der Waals surface area contributed by atoms with E-state index in [1.54, 1.807) is 0 Å². The Labute approximate surface area is 489 Å². The van der Waals surface area contributed by atoms with Gasteiger partial charge in [-0.05, 0) is 51.4 Å². The number of esters is 1. The summed E-state index contributed by atoms with van der Waals surface area (Å²) in [6.45, 7) is 5.00. The summed E-state index contributed by atoms with van der Waals surface area (Å²) in [4.78, 5) is 24.6. The third-order valence-electron chi connectivity index (χ3n) is 17.1. The highest BCUT2D eigenvalue weighted by Gasteiger charge is 2.20. The second-order valence-corrected chi connectivity index (χ2v) is 24.9. The Balaban J connectivity index is 3.35. The molecule has 0 aromatic heterocycles. The quantitative estimate of drug-likeness (QED) is 0.0320. The molecule has 6 nitrogen and oxygen atoms in total. The minimum atomic E-state index is -0.664. The Morgan fingerprint density at radius 1 is 0.346 bits per heavy atom. The van der Waals surface area contributed by atoms with E-state index in [1.165, 1.54) is 340 Å². The summed E-state index contributed by atoms with van der Waals surface area (Å²) < 4.78 is 5.51. The molecule has 464 valence electrons. The molecule has 0 aromatic carbocycles. The molecule has 3 N–H and O–H groups in total. The van der Waals surface area contributed by atoms with Crippen LogP contribution in [0.5, 0.6) is 0 Å². The van der Waals surface area contributed by atoms with E-state index in [0.29, 0.717) is 25.9 Å². The van der Waals surface area contributed by atoms with Crippen LogP contribution in [0.25, 0.3) is 0 Å². The van der Waals surface area contributed by atoms with Gasteiger partial charge in [0.25, 0.3) is 0 Å². The van der Waals surface area contributed by atoms with E-state index in [4.69, 9.17) is 4.74 Å². The number of unbranched alkanes of at least 4 members (excludes halogenated alkanes) is 55. The molecule has 2 atom stereocenters. The number of carbonyl (C=O) groups excluding carboxylic acids is 2. The molecule has 0 rings (SSSR count). The maximum atomic E-state index is 12.5. The number of aliphatic hydroxyl groups is 2. The van der Waals surface area contributed by atoms with Crippen molar-refractivity contribution < 1.29 is 24.5 Å². The van der Waals surface area contributed by atoms with E-state index in [0.717, 1.165) is 38.5 Å². The Kier molecular flexibility index (Phi) is 66.9.